The largest absolute Gasteiger partial charge is 0.497 e. The molecule has 0 radical (unpaired) electrons. The highest BCUT2D eigenvalue weighted by atomic mass is 35.5. The number of ether oxygens (including phenoxy) is 1. The topological polar surface area (TPSA) is 38.0 Å². The van der Waals surface area contributed by atoms with Gasteiger partial charge in [0.15, 0.2) is 0 Å². The molecule has 0 spiro atoms. The van der Waals surface area contributed by atoms with Gasteiger partial charge < -0.3 is 9.30 Å². The third-order valence-electron chi connectivity index (χ3n) is 3.02. The monoisotopic (exact) mass is 260 g/mol. The average Bonchev–Trinajstić information content (AvgIpc) is 2.60. The zero-order chi connectivity index (χ0) is 13.3. The number of aromatic nitrogens is 1. The molecule has 18 heavy (non-hydrogen) atoms. The molecule has 0 unspecified atom stereocenters. The molecule has 0 amide bonds. The molecule has 0 atom stereocenters. The van der Waals surface area contributed by atoms with Crippen molar-refractivity contribution in [1.29, 1.82) is 5.26 Å². The molecule has 0 aliphatic carbocycles. The maximum atomic E-state index is 9.12. The summed E-state index contributed by atoms with van der Waals surface area (Å²) in [6, 6.07) is 9.75. The first-order valence-electron chi connectivity index (χ1n) is 5.52. The van der Waals surface area contributed by atoms with Crippen LogP contribution in [0.2, 0.25) is 5.15 Å². The third kappa shape index (κ3) is 1.85. The second-order valence-corrected chi connectivity index (χ2v) is 4.38. The second kappa shape index (κ2) is 4.75. The van der Waals surface area contributed by atoms with Crippen LogP contribution in [0.4, 0.5) is 0 Å². The van der Waals surface area contributed by atoms with E-state index in [1.807, 2.05) is 42.7 Å². The van der Waals surface area contributed by atoms with Crippen LogP contribution in [0.5, 0.6) is 5.75 Å². The van der Waals surface area contributed by atoms with E-state index < -0.39 is 0 Å². The zero-order valence-electron chi connectivity index (χ0n) is 10.5. The van der Waals surface area contributed by atoms with Crippen molar-refractivity contribution in [3.05, 3.63) is 46.2 Å². The SMILES string of the molecule is COc1ccc(-n2c(C)c(C#N)c(C)c2Cl)cc1. The van der Waals surface area contributed by atoms with Gasteiger partial charge in [0.05, 0.1) is 12.7 Å². The van der Waals surface area contributed by atoms with Crippen molar-refractivity contribution in [2.45, 2.75) is 13.8 Å². The first kappa shape index (κ1) is 12.5. The van der Waals surface area contributed by atoms with Crippen LogP contribution in [0, 0.1) is 25.2 Å². The minimum Gasteiger partial charge on any atom is -0.497 e. The summed E-state index contributed by atoms with van der Waals surface area (Å²) < 4.78 is 6.99. The summed E-state index contributed by atoms with van der Waals surface area (Å²) in [5.41, 5.74) is 3.22. The summed E-state index contributed by atoms with van der Waals surface area (Å²) in [6.45, 7) is 3.75. The lowest BCUT2D eigenvalue weighted by molar-refractivity contribution is 0.414. The van der Waals surface area contributed by atoms with E-state index in [0.29, 0.717) is 10.7 Å². The van der Waals surface area contributed by atoms with E-state index in [9.17, 15) is 0 Å². The maximum absolute atomic E-state index is 9.12. The van der Waals surface area contributed by atoms with E-state index in [4.69, 9.17) is 21.6 Å². The molecule has 1 heterocycles. The van der Waals surface area contributed by atoms with Crippen LogP contribution in [0.1, 0.15) is 16.8 Å². The predicted molar refractivity (Wildman–Crippen MR) is 71.5 cm³/mol. The smallest absolute Gasteiger partial charge is 0.119 e. The number of nitrogens with zero attached hydrogens (tertiary/aromatic N) is 2. The van der Waals surface area contributed by atoms with Gasteiger partial charge in [-0.25, -0.2) is 0 Å². The predicted octanol–water partition coefficient (Wildman–Crippen LogP) is 3.63. The molecular formula is C14H13ClN2O. The van der Waals surface area contributed by atoms with Gasteiger partial charge in [0.25, 0.3) is 0 Å². The van der Waals surface area contributed by atoms with Gasteiger partial charge in [-0.15, -0.1) is 0 Å². The molecule has 0 saturated carbocycles. The Balaban J connectivity index is 2.61. The molecule has 0 aliphatic rings. The van der Waals surface area contributed by atoms with Crippen molar-refractivity contribution < 1.29 is 4.74 Å². The molecule has 3 nitrogen and oxygen atoms in total. The molecule has 0 aliphatic heterocycles. The van der Waals surface area contributed by atoms with Crippen LogP contribution in [0.15, 0.2) is 24.3 Å². The van der Waals surface area contributed by atoms with Gasteiger partial charge in [0.1, 0.15) is 17.0 Å². The number of methoxy groups -OCH3 is 1. The summed E-state index contributed by atoms with van der Waals surface area (Å²) in [6.07, 6.45) is 0. The van der Waals surface area contributed by atoms with Crippen LogP contribution < -0.4 is 4.74 Å². The summed E-state index contributed by atoms with van der Waals surface area (Å²) >= 11 is 6.29. The number of benzene rings is 1. The van der Waals surface area contributed by atoms with Crippen molar-refractivity contribution in [1.82, 2.24) is 4.57 Å². The highest BCUT2D eigenvalue weighted by molar-refractivity contribution is 6.31. The van der Waals surface area contributed by atoms with Gasteiger partial charge in [-0.1, -0.05) is 11.6 Å². The lowest BCUT2D eigenvalue weighted by Gasteiger charge is -2.09. The molecule has 0 saturated heterocycles. The van der Waals surface area contributed by atoms with Gasteiger partial charge >= 0.3 is 0 Å². The summed E-state index contributed by atoms with van der Waals surface area (Å²) in [4.78, 5) is 0. The normalized spacial score (nSPS) is 10.2. The zero-order valence-corrected chi connectivity index (χ0v) is 11.2. The second-order valence-electron chi connectivity index (χ2n) is 4.02. The molecule has 0 bridgehead atoms. The molecule has 92 valence electrons. The molecule has 2 rings (SSSR count). The quantitative estimate of drug-likeness (QED) is 0.827. The Morgan fingerprint density at radius 1 is 1.22 bits per heavy atom. The summed E-state index contributed by atoms with van der Waals surface area (Å²) in [5.74, 6) is 0.789. The molecule has 1 aromatic heterocycles. The number of hydrogen-bond acceptors (Lipinski definition) is 2. The van der Waals surface area contributed by atoms with Gasteiger partial charge in [0, 0.05) is 16.9 Å². The molecule has 1 aromatic carbocycles. The molecule has 0 fully saturated rings. The molecular weight excluding hydrogens is 248 g/mol. The maximum Gasteiger partial charge on any atom is 0.119 e. The van der Waals surface area contributed by atoms with E-state index in [0.717, 1.165) is 22.7 Å². The third-order valence-corrected chi connectivity index (χ3v) is 3.47. The number of hydrogen-bond donors (Lipinski definition) is 0. The van der Waals surface area contributed by atoms with Crippen molar-refractivity contribution in [3.63, 3.8) is 0 Å². The summed E-state index contributed by atoms with van der Waals surface area (Å²) in [7, 11) is 1.63. The van der Waals surface area contributed by atoms with Crippen LogP contribution in [-0.2, 0) is 0 Å². The van der Waals surface area contributed by atoms with Gasteiger partial charge in [-0.2, -0.15) is 5.26 Å². The number of nitriles is 1. The highest BCUT2D eigenvalue weighted by Gasteiger charge is 2.16. The van der Waals surface area contributed by atoms with E-state index in [1.54, 1.807) is 7.11 Å². The molecule has 0 N–H and O–H groups in total. The van der Waals surface area contributed by atoms with Crippen LogP contribution in [0.25, 0.3) is 5.69 Å². The number of halogens is 1. The van der Waals surface area contributed by atoms with Gasteiger partial charge in [0.2, 0.25) is 0 Å². The van der Waals surface area contributed by atoms with Gasteiger partial charge in [-0.05, 0) is 38.1 Å². The summed E-state index contributed by atoms with van der Waals surface area (Å²) in [5, 5.41) is 9.70. The Bertz CT molecular complexity index is 621. The minimum atomic E-state index is 0.578. The van der Waals surface area contributed by atoms with E-state index in [-0.39, 0.29) is 0 Å². The Morgan fingerprint density at radius 2 is 1.83 bits per heavy atom. The molecule has 4 heteroatoms. The van der Waals surface area contributed by atoms with Gasteiger partial charge in [-0.3, -0.25) is 0 Å². The first-order valence-corrected chi connectivity index (χ1v) is 5.90. The van der Waals surface area contributed by atoms with Crippen molar-refractivity contribution >= 4 is 11.6 Å². The van der Waals surface area contributed by atoms with Crippen molar-refractivity contribution in [2.75, 3.05) is 7.11 Å². The lowest BCUT2D eigenvalue weighted by Crippen LogP contribution is -1.97. The van der Waals surface area contributed by atoms with Crippen molar-refractivity contribution in [2.24, 2.45) is 0 Å². The van der Waals surface area contributed by atoms with E-state index in [2.05, 4.69) is 6.07 Å². The first-order chi connectivity index (χ1) is 8.60. The Labute approximate surface area is 111 Å². The fraction of sp³-hybridized carbons (Fsp3) is 0.214. The number of rotatable bonds is 2. The standard InChI is InChI=1S/C14H13ClN2O/c1-9-13(8-16)10(2)17(14(9)15)11-4-6-12(18-3)7-5-11/h4-7H,1-3H3. The Hall–Kier alpha value is -1.92. The van der Waals surface area contributed by atoms with Crippen LogP contribution in [-0.4, -0.2) is 11.7 Å². The Morgan fingerprint density at radius 3 is 2.28 bits per heavy atom. The van der Waals surface area contributed by atoms with E-state index in [1.165, 1.54) is 0 Å². The molecule has 2 aromatic rings. The fourth-order valence-electron chi connectivity index (χ4n) is 2.00. The van der Waals surface area contributed by atoms with Crippen LogP contribution >= 0.6 is 11.6 Å². The Kier molecular flexibility index (Phi) is 3.31. The van der Waals surface area contributed by atoms with E-state index >= 15 is 0 Å². The average molecular weight is 261 g/mol. The van der Waals surface area contributed by atoms with Crippen molar-refractivity contribution in [3.8, 4) is 17.5 Å². The minimum absolute atomic E-state index is 0.578. The van der Waals surface area contributed by atoms with Crippen LogP contribution in [0.3, 0.4) is 0 Å². The highest BCUT2D eigenvalue weighted by Crippen LogP contribution is 2.29. The lowest BCUT2D eigenvalue weighted by atomic mass is 10.2. The fourth-order valence-corrected chi connectivity index (χ4v) is 2.32.